The van der Waals surface area contributed by atoms with Gasteiger partial charge in [0, 0.05) is 43.1 Å². The first-order chi connectivity index (χ1) is 16.7. The first kappa shape index (κ1) is 24.3. The summed E-state index contributed by atoms with van der Waals surface area (Å²) in [6, 6.07) is 19.4. The Morgan fingerprint density at radius 2 is 1.57 bits per heavy atom. The third kappa shape index (κ3) is 6.20. The highest BCUT2D eigenvalue weighted by Crippen LogP contribution is 2.29. The van der Waals surface area contributed by atoms with Crippen molar-refractivity contribution in [3.63, 3.8) is 0 Å². The molecular formula is C27H26F3N3O2. The largest absolute Gasteiger partial charge is 0.416 e. The van der Waals surface area contributed by atoms with Gasteiger partial charge in [0.15, 0.2) is 0 Å². The van der Waals surface area contributed by atoms with Gasteiger partial charge in [0.2, 0.25) is 5.91 Å². The van der Waals surface area contributed by atoms with E-state index in [1.54, 1.807) is 12.1 Å². The van der Waals surface area contributed by atoms with E-state index in [1.807, 2.05) is 48.2 Å². The molecule has 1 N–H and O–H groups in total. The molecule has 1 fully saturated rings. The van der Waals surface area contributed by atoms with E-state index >= 15 is 0 Å². The van der Waals surface area contributed by atoms with Crippen molar-refractivity contribution < 1.29 is 22.8 Å². The van der Waals surface area contributed by atoms with Gasteiger partial charge in [0.05, 0.1) is 12.0 Å². The number of carbonyl (C=O) groups excluding carboxylic acids is 2. The van der Waals surface area contributed by atoms with Gasteiger partial charge in [-0.05, 0) is 55.0 Å². The van der Waals surface area contributed by atoms with Crippen molar-refractivity contribution in [2.75, 3.05) is 36.4 Å². The molecule has 1 aliphatic heterocycles. The molecule has 0 saturated carbocycles. The molecule has 0 bridgehead atoms. The van der Waals surface area contributed by atoms with Gasteiger partial charge in [-0.3, -0.25) is 9.59 Å². The van der Waals surface area contributed by atoms with E-state index in [9.17, 15) is 22.8 Å². The molecule has 4 rings (SSSR count). The van der Waals surface area contributed by atoms with E-state index in [4.69, 9.17) is 0 Å². The van der Waals surface area contributed by atoms with Crippen molar-refractivity contribution in [3.05, 3.63) is 95.1 Å². The Balaban J connectivity index is 1.31. The molecular weight excluding hydrogens is 455 g/mol. The minimum Gasteiger partial charge on any atom is -0.368 e. The quantitative estimate of drug-likeness (QED) is 0.548. The maximum atomic E-state index is 12.9. The van der Waals surface area contributed by atoms with Crippen molar-refractivity contribution in [2.24, 2.45) is 0 Å². The summed E-state index contributed by atoms with van der Waals surface area (Å²) in [6.07, 6.45) is -4.12. The van der Waals surface area contributed by atoms with Crippen LogP contribution in [0.4, 0.5) is 24.5 Å². The molecule has 0 aromatic heterocycles. The standard InChI is InChI=1S/C27H26F3N3O2/c1-19-4-2-5-20(16-19)17-25(34)33-14-12-32(13-15-33)24-10-8-23(9-11-24)31-26(35)21-6-3-7-22(18-21)27(28,29)30/h2-11,16,18H,12-15,17H2,1H3,(H,31,35). The van der Waals surface area contributed by atoms with Gasteiger partial charge in [-0.1, -0.05) is 35.9 Å². The van der Waals surface area contributed by atoms with Crippen LogP contribution in [0.25, 0.3) is 0 Å². The number of halogens is 3. The van der Waals surface area contributed by atoms with E-state index < -0.39 is 17.6 Å². The molecule has 3 aromatic rings. The lowest BCUT2D eigenvalue weighted by molar-refractivity contribution is -0.137. The number of hydrogen-bond acceptors (Lipinski definition) is 3. The lowest BCUT2D eigenvalue weighted by Gasteiger charge is -2.36. The van der Waals surface area contributed by atoms with Crippen LogP contribution in [-0.4, -0.2) is 42.9 Å². The fourth-order valence-corrected chi connectivity index (χ4v) is 4.12. The summed E-state index contributed by atoms with van der Waals surface area (Å²) >= 11 is 0. The minimum absolute atomic E-state index is 0.0599. The van der Waals surface area contributed by atoms with Gasteiger partial charge in [0.25, 0.3) is 5.91 Å². The highest BCUT2D eigenvalue weighted by atomic mass is 19.4. The molecule has 1 aliphatic rings. The molecule has 0 spiro atoms. The van der Waals surface area contributed by atoms with Gasteiger partial charge in [-0.25, -0.2) is 0 Å². The van der Waals surface area contributed by atoms with Crippen LogP contribution in [0.3, 0.4) is 0 Å². The number of nitrogens with one attached hydrogen (secondary N) is 1. The van der Waals surface area contributed by atoms with Crippen molar-refractivity contribution in [2.45, 2.75) is 19.5 Å². The summed E-state index contributed by atoms with van der Waals surface area (Å²) in [5.74, 6) is -0.493. The molecule has 0 atom stereocenters. The van der Waals surface area contributed by atoms with Crippen LogP contribution in [0, 0.1) is 6.92 Å². The van der Waals surface area contributed by atoms with Crippen LogP contribution >= 0.6 is 0 Å². The number of anilines is 2. The second-order valence-electron chi connectivity index (χ2n) is 8.61. The lowest BCUT2D eigenvalue weighted by atomic mass is 10.1. The monoisotopic (exact) mass is 481 g/mol. The number of carbonyl (C=O) groups is 2. The minimum atomic E-state index is -4.51. The third-order valence-electron chi connectivity index (χ3n) is 6.01. The van der Waals surface area contributed by atoms with Gasteiger partial charge >= 0.3 is 6.18 Å². The van der Waals surface area contributed by atoms with Crippen LogP contribution in [0.2, 0.25) is 0 Å². The topological polar surface area (TPSA) is 52.7 Å². The number of piperazine rings is 1. The fraction of sp³-hybridized carbons (Fsp3) is 0.259. The average Bonchev–Trinajstić information content (AvgIpc) is 2.84. The van der Waals surface area contributed by atoms with Crippen molar-refractivity contribution in [3.8, 4) is 0 Å². The summed E-state index contributed by atoms with van der Waals surface area (Å²) in [5.41, 5.74) is 2.66. The Morgan fingerprint density at radius 1 is 0.886 bits per heavy atom. The number of benzene rings is 3. The van der Waals surface area contributed by atoms with E-state index in [2.05, 4.69) is 10.2 Å². The van der Waals surface area contributed by atoms with Gasteiger partial charge < -0.3 is 15.1 Å². The number of alkyl halides is 3. The lowest BCUT2D eigenvalue weighted by Crippen LogP contribution is -2.49. The summed E-state index contributed by atoms with van der Waals surface area (Å²) in [5, 5.41) is 2.64. The zero-order valence-electron chi connectivity index (χ0n) is 19.3. The van der Waals surface area contributed by atoms with Crippen LogP contribution in [0.5, 0.6) is 0 Å². The smallest absolute Gasteiger partial charge is 0.368 e. The molecule has 5 nitrogen and oxygen atoms in total. The molecule has 0 aliphatic carbocycles. The van der Waals surface area contributed by atoms with E-state index in [0.717, 1.165) is 28.9 Å². The summed E-state index contributed by atoms with van der Waals surface area (Å²) in [6.45, 7) is 4.64. The zero-order chi connectivity index (χ0) is 25.0. The molecule has 8 heteroatoms. The summed E-state index contributed by atoms with van der Waals surface area (Å²) in [7, 11) is 0. The SMILES string of the molecule is Cc1cccc(CC(=O)N2CCN(c3ccc(NC(=O)c4cccc(C(F)(F)F)c4)cc3)CC2)c1. The molecule has 0 unspecified atom stereocenters. The normalized spacial score (nSPS) is 14.1. The summed E-state index contributed by atoms with van der Waals surface area (Å²) in [4.78, 5) is 29.1. The highest BCUT2D eigenvalue weighted by Gasteiger charge is 2.31. The average molecular weight is 482 g/mol. The predicted octanol–water partition coefficient (Wildman–Crippen LogP) is 5.16. The molecule has 2 amide bonds. The van der Waals surface area contributed by atoms with Crippen LogP contribution in [0.1, 0.15) is 27.0 Å². The van der Waals surface area contributed by atoms with E-state index in [1.165, 1.54) is 12.1 Å². The number of aryl methyl sites for hydroxylation is 1. The zero-order valence-corrected chi connectivity index (χ0v) is 19.3. The Morgan fingerprint density at radius 3 is 2.23 bits per heavy atom. The molecule has 35 heavy (non-hydrogen) atoms. The van der Waals surface area contributed by atoms with Crippen molar-refractivity contribution in [1.29, 1.82) is 0 Å². The number of hydrogen-bond donors (Lipinski definition) is 1. The van der Waals surface area contributed by atoms with E-state index in [-0.39, 0.29) is 11.5 Å². The second kappa shape index (κ2) is 10.2. The van der Waals surface area contributed by atoms with Gasteiger partial charge in [-0.15, -0.1) is 0 Å². The highest BCUT2D eigenvalue weighted by molar-refractivity contribution is 6.04. The van der Waals surface area contributed by atoms with Crippen molar-refractivity contribution >= 4 is 23.2 Å². The Hall–Kier alpha value is -3.81. The first-order valence-electron chi connectivity index (χ1n) is 11.4. The fourth-order valence-electron chi connectivity index (χ4n) is 4.12. The first-order valence-corrected chi connectivity index (χ1v) is 11.4. The Kier molecular flexibility index (Phi) is 7.10. The number of amides is 2. The number of nitrogens with zero attached hydrogens (tertiary/aromatic N) is 2. The van der Waals surface area contributed by atoms with Gasteiger partial charge in [-0.2, -0.15) is 13.2 Å². The van der Waals surface area contributed by atoms with E-state index in [0.29, 0.717) is 38.3 Å². The van der Waals surface area contributed by atoms with Crippen LogP contribution in [0.15, 0.2) is 72.8 Å². The maximum absolute atomic E-state index is 12.9. The van der Waals surface area contributed by atoms with Crippen molar-refractivity contribution in [1.82, 2.24) is 4.90 Å². The summed E-state index contributed by atoms with van der Waals surface area (Å²) < 4.78 is 38.7. The second-order valence-corrected chi connectivity index (χ2v) is 8.61. The molecule has 0 radical (unpaired) electrons. The van der Waals surface area contributed by atoms with Gasteiger partial charge in [0.1, 0.15) is 0 Å². The predicted molar refractivity (Wildman–Crippen MR) is 130 cm³/mol. The van der Waals surface area contributed by atoms with Crippen LogP contribution < -0.4 is 10.2 Å². The molecule has 3 aromatic carbocycles. The van der Waals surface area contributed by atoms with Crippen LogP contribution in [-0.2, 0) is 17.4 Å². The molecule has 1 saturated heterocycles. The Labute approximate surface area is 202 Å². The third-order valence-corrected chi connectivity index (χ3v) is 6.01. The molecule has 1 heterocycles. The number of rotatable bonds is 5. The maximum Gasteiger partial charge on any atom is 0.416 e. The molecule has 182 valence electrons. The Bertz CT molecular complexity index is 1200.